The second kappa shape index (κ2) is 7.14. The van der Waals surface area contributed by atoms with E-state index in [0.29, 0.717) is 0 Å². The fourth-order valence-corrected chi connectivity index (χ4v) is 3.41. The third-order valence-electron chi connectivity index (χ3n) is 4.75. The lowest BCUT2D eigenvalue weighted by atomic mass is 9.99. The molecule has 24 heavy (non-hydrogen) atoms. The zero-order chi connectivity index (χ0) is 17.1. The molecular formula is C20H23FN2O. The van der Waals surface area contributed by atoms with Gasteiger partial charge < -0.3 is 10.6 Å². The molecule has 1 aliphatic carbocycles. The van der Waals surface area contributed by atoms with Crippen molar-refractivity contribution in [2.24, 2.45) is 0 Å². The number of hydrogen-bond donors (Lipinski definition) is 2. The maximum atomic E-state index is 13.1. The summed E-state index contributed by atoms with van der Waals surface area (Å²) in [6.45, 7) is 4.77. The number of fused-ring (bicyclic) bond motifs is 1. The Hall–Kier alpha value is -2.20. The zero-order valence-corrected chi connectivity index (χ0v) is 14.1. The highest BCUT2D eigenvalue weighted by atomic mass is 19.1. The molecule has 0 aliphatic heterocycles. The summed E-state index contributed by atoms with van der Waals surface area (Å²) in [4.78, 5) is 12.7. The highest BCUT2D eigenvalue weighted by molar-refractivity contribution is 5.83. The van der Waals surface area contributed by atoms with Gasteiger partial charge in [-0.25, -0.2) is 4.39 Å². The summed E-state index contributed by atoms with van der Waals surface area (Å²) in [6, 6.07) is 14.6. The highest BCUT2D eigenvalue weighted by Gasteiger charge is 2.33. The van der Waals surface area contributed by atoms with Crippen molar-refractivity contribution >= 4 is 5.91 Å². The summed E-state index contributed by atoms with van der Waals surface area (Å²) in [5, 5.41) is 6.66. The van der Waals surface area contributed by atoms with Gasteiger partial charge in [0.25, 0.3) is 0 Å². The summed E-state index contributed by atoms with van der Waals surface area (Å²) in [7, 11) is 0. The lowest BCUT2D eigenvalue weighted by Crippen LogP contribution is -2.44. The fraction of sp³-hybridized carbons (Fsp3) is 0.350. The lowest BCUT2D eigenvalue weighted by Gasteiger charge is -2.24. The number of nitrogens with one attached hydrogen (secondary N) is 2. The third kappa shape index (κ3) is 3.34. The van der Waals surface area contributed by atoms with Gasteiger partial charge >= 0.3 is 0 Å². The minimum atomic E-state index is -0.309. The highest BCUT2D eigenvalue weighted by Crippen LogP contribution is 2.31. The van der Waals surface area contributed by atoms with Gasteiger partial charge in [-0.3, -0.25) is 4.79 Å². The molecule has 0 saturated heterocycles. The maximum absolute atomic E-state index is 13.1. The van der Waals surface area contributed by atoms with Crippen LogP contribution in [0.1, 0.15) is 42.5 Å². The minimum absolute atomic E-state index is 0.0256. The molecule has 3 atom stereocenters. The molecule has 3 nitrogen and oxygen atoms in total. The van der Waals surface area contributed by atoms with Gasteiger partial charge in [0.05, 0.1) is 18.0 Å². The van der Waals surface area contributed by atoms with Crippen molar-refractivity contribution in [1.29, 1.82) is 0 Å². The number of rotatable bonds is 5. The van der Waals surface area contributed by atoms with Crippen LogP contribution < -0.4 is 10.6 Å². The Morgan fingerprint density at radius 1 is 1.21 bits per heavy atom. The van der Waals surface area contributed by atoms with Gasteiger partial charge in [-0.1, -0.05) is 43.3 Å². The van der Waals surface area contributed by atoms with E-state index in [1.807, 2.05) is 19.1 Å². The second-order valence-corrected chi connectivity index (χ2v) is 6.33. The van der Waals surface area contributed by atoms with E-state index in [1.165, 1.54) is 23.3 Å². The van der Waals surface area contributed by atoms with E-state index in [0.717, 1.165) is 18.5 Å². The van der Waals surface area contributed by atoms with Crippen LogP contribution in [0.15, 0.2) is 48.5 Å². The van der Waals surface area contributed by atoms with Crippen LogP contribution in [0.2, 0.25) is 0 Å². The van der Waals surface area contributed by atoms with Gasteiger partial charge in [0.1, 0.15) is 5.82 Å². The molecule has 3 rings (SSSR count). The van der Waals surface area contributed by atoms with Crippen LogP contribution in [0, 0.1) is 5.82 Å². The minimum Gasteiger partial charge on any atom is -0.351 e. The van der Waals surface area contributed by atoms with E-state index in [9.17, 15) is 9.18 Å². The van der Waals surface area contributed by atoms with Crippen molar-refractivity contribution in [3.05, 3.63) is 71.0 Å². The van der Waals surface area contributed by atoms with Crippen molar-refractivity contribution in [1.82, 2.24) is 10.6 Å². The Labute approximate surface area is 142 Å². The molecule has 0 spiro atoms. The first-order valence-corrected chi connectivity index (χ1v) is 8.47. The van der Waals surface area contributed by atoms with Crippen LogP contribution in [0.5, 0.6) is 0 Å². The SMILES string of the molecule is CCN[C@H]1c2ccccc2C[C@@H]1NC(=O)[C@@H](C)c1ccc(F)cc1. The molecule has 4 heteroatoms. The smallest absolute Gasteiger partial charge is 0.227 e. The van der Waals surface area contributed by atoms with Gasteiger partial charge in [-0.05, 0) is 48.7 Å². The Balaban J connectivity index is 1.73. The Morgan fingerprint density at radius 2 is 1.92 bits per heavy atom. The van der Waals surface area contributed by atoms with Gasteiger partial charge in [0.2, 0.25) is 5.91 Å². The molecule has 2 N–H and O–H groups in total. The van der Waals surface area contributed by atoms with E-state index >= 15 is 0 Å². The van der Waals surface area contributed by atoms with Gasteiger partial charge in [0.15, 0.2) is 0 Å². The first-order valence-electron chi connectivity index (χ1n) is 8.47. The number of carbonyl (C=O) groups is 1. The van der Waals surface area contributed by atoms with Crippen LogP contribution in [-0.2, 0) is 11.2 Å². The average Bonchev–Trinajstić information content (AvgIpc) is 2.93. The molecule has 0 bridgehead atoms. The number of likely N-dealkylation sites (N-methyl/N-ethyl adjacent to an activating group) is 1. The standard InChI is InChI=1S/C20H23FN2O/c1-3-22-19-17-7-5-4-6-15(17)12-18(19)23-20(24)13(2)14-8-10-16(21)11-9-14/h4-11,13,18-19,22H,3,12H2,1-2H3,(H,23,24)/t13-,18-,19-/m0/s1. The predicted octanol–water partition coefficient (Wildman–Crippen LogP) is 3.32. The maximum Gasteiger partial charge on any atom is 0.227 e. The summed E-state index contributed by atoms with van der Waals surface area (Å²) < 4.78 is 13.1. The van der Waals surface area contributed by atoms with E-state index in [4.69, 9.17) is 0 Å². The molecule has 0 aromatic heterocycles. The number of carbonyl (C=O) groups excluding carboxylic acids is 1. The van der Waals surface area contributed by atoms with Crippen LogP contribution in [-0.4, -0.2) is 18.5 Å². The van der Waals surface area contributed by atoms with Crippen LogP contribution in [0.4, 0.5) is 4.39 Å². The molecular weight excluding hydrogens is 303 g/mol. The van der Waals surface area contributed by atoms with Gasteiger partial charge in [-0.15, -0.1) is 0 Å². The van der Waals surface area contributed by atoms with Crippen LogP contribution >= 0.6 is 0 Å². The van der Waals surface area contributed by atoms with Gasteiger partial charge in [0, 0.05) is 0 Å². The monoisotopic (exact) mass is 326 g/mol. The van der Waals surface area contributed by atoms with Gasteiger partial charge in [-0.2, -0.15) is 0 Å². The molecule has 0 saturated carbocycles. The number of amides is 1. The third-order valence-corrected chi connectivity index (χ3v) is 4.75. The molecule has 1 aliphatic rings. The Bertz CT molecular complexity index is 714. The van der Waals surface area contributed by atoms with E-state index in [-0.39, 0.29) is 29.7 Å². The first-order chi connectivity index (χ1) is 11.6. The van der Waals surface area contributed by atoms with E-state index in [2.05, 4.69) is 29.7 Å². The molecule has 126 valence electrons. The van der Waals surface area contributed by atoms with Crippen molar-refractivity contribution in [2.45, 2.75) is 38.3 Å². The molecule has 0 radical (unpaired) electrons. The van der Waals surface area contributed by atoms with Crippen molar-refractivity contribution in [2.75, 3.05) is 6.54 Å². The predicted molar refractivity (Wildman–Crippen MR) is 93.3 cm³/mol. The second-order valence-electron chi connectivity index (χ2n) is 6.33. The molecule has 2 aromatic rings. The number of halogens is 1. The molecule has 0 fully saturated rings. The Kier molecular flexibility index (Phi) is 4.95. The number of hydrogen-bond acceptors (Lipinski definition) is 2. The summed E-state index contributed by atoms with van der Waals surface area (Å²) >= 11 is 0. The first kappa shape index (κ1) is 16.7. The normalized spacial score (nSPS) is 20.5. The molecule has 0 unspecified atom stereocenters. The topological polar surface area (TPSA) is 41.1 Å². The van der Waals surface area contributed by atoms with Crippen molar-refractivity contribution < 1.29 is 9.18 Å². The fourth-order valence-electron chi connectivity index (χ4n) is 3.41. The van der Waals surface area contributed by atoms with E-state index < -0.39 is 0 Å². The Morgan fingerprint density at radius 3 is 2.62 bits per heavy atom. The van der Waals surface area contributed by atoms with Crippen LogP contribution in [0.25, 0.3) is 0 Å². The van der Waals surface area contributed by atoms with E-state index in [1.54, 1.807) is 12.1 Å². The van der Waals surface area contributed by atoms with Crippen LogP contribution in [0.3, 0.4) is 0 Å². The summed E-state index contributed by atoms with van der Waals surface area (Å²) in [5.74, 6) is -0.622. The largest absolute Gasteiger partial charge is 0.351 e. The molecule has 1 amide bonds. The van der Waals surface area contributed by atoms with Crippen molar-refractivity contribution in [3.8, 4) is 0 Å². The number of benzene rings is 2. The molecule has 0 heterocycles. The average molecular weight is 326 g/mol. The summed E-state index contributed by atoms with van der Waals surface area (Å²) in [5.41, 5.74) is 3.37. The zero-order valence-electron chi connectivity index (χ0n) is 14.1. The van der Waals surface area contributed by atoms with Crippen molar-refractivity contribution in [3.63, 3.8) is 0 Å². The quantitative estimate of drug-likeness (QED) is 0.885. The molecule has 2 aromatic carbocycles. The lowest BCUT2D eigenvalue weighted by molar-refractivity contribution is -0.123. The summed E-state index contributed by atoms with van der Waals surface area (Å²) in [6.07, 6.45) is 0.829.